The topological polar surface area (TPSA) is 32.3 Å². The number of rotatable bonds is 2. The lowest BCUT2D eigenvalue weighted by Crippen LogP contribution is -2.41. The number of nitrogens with one attached hydrogen (secondary N) is 1. The fourth-order valence-corrected chi connectivity index (χ4v) is 3.32. The molecular formula is C16H17FN2OS. The summed E-state index contributed by atoms with van der Waals surface area (Å²) in [5.74, 6) is -0.419. The highest BCUT2D eigenvalue weighted by molar-refractivity contribution is 7.80. The molecule has 1 saturated heterocycles. The van der Waals surface area contributed by atoms with Gasteiger partial charge in [0.05, 0.1) is 0 Å². The lowest BCUT2D eigenvalue weighted by Gasteiger charge is -2.29. The van der Waals surface area contributed by atoms with Gasteiger partial charge in [0.15, 0.2) is 5.11 Å². The summed E-state index contributed by atoms with van der Waals surface area (Å²) in [4.78, 5) is 14.2. The molecule has 21 heavy (non-hydrogen) atoms. The third-order valence-electron chi connectivity index (χ3n) is 4.01. The lowest BCUT2D eigenvalue weighted by molar-refractivity contribution is -0.124. The van der Waals surface area contributed by atoms with Gasteiger partial charge < -0.3 is 5.32 Å². The van der Waals surface area contributed by atoms with Crippen LogP contribution in [0.3, 0.4) is 0 Å². The fourth-order valence-electron chi connectivity index (χ4n) is 2.98. The molecule has 1 aromatic carbocycles. The zero-order chi connectivity index (χ0) is 14.8. The molecule has 5 heteroatoms. The van der Waals surface area contributed by atoms with Crippen molar-refractivity contribution in [1.82, 2.24) is 10.2 Å². The number of halogens is 1. The van der Waals surface area contributed by atoms with Crippen LogP contribution in [0.15, 0.2) is 30.0 Å². The highest BCUT2D eigenvalue weighted by Gasteiger charge is 2.36. The Morgan fingerprint density at radius 3 is 2.76 bits per heavy atom. The van der Waals surface area contributed by atoms with E-state index < -0.39 is 0 Å². The summed E-state index contributed by atoms with van der Waals surface area (Å²) in [6, 6.07) is 6.36. The van der Waals surface area contributed by atoms with Crippen molar-refractivity contribution in [3.63, 3.8) is 0 Å². The summed E-state index contributed by atoms with van der Waals surface area (Å²) < 4.78 is 13.2. The van der Waals surface area contributed by atoms with E-state index in [1.807, 2.05) is 0 Å². The molecule has 1 aliphatic carbocycles. The Hall–Kier alpha value is -1.75. The Labute approximate surface area is 128 Å². The van der Waals surface area contributed by atoms with Gasteiger partial charge in [0.1, 0.15) is 11.5 Å². The Balaban J connectivity index is 1.82. The van der Waals surface area contributed by atoms with E-state index in [1.54, 1.807) is 23.1 Å². The molecule has 1 saturated carbocycles. The van der Waals surface area contributed by atoms with Crippen LogP contribution in [0, 0.1) is 5.82 Å². The molecule has 1 heterocycles. The van der Waals surface area contributed by atoms with Crippen LogP contribution in [0.2, 0.25) is 0 Å². The van der Waals surface area contributed by atoms with E-state index in [9.17, 15) is 9.18 Å². The average Bonchev–Trinajstić information content (AvgIpc) is 2.74. The first-order valence-corrected chi connectivity index (χ1v) is 7.68. The highest BCUT2D eigenvalue weighted by atomic mass is 32.1. The van der Waals surface area contributed by atoms with Gasteiger partial charge in [-0.25, -0.2) is 4.39 Å². The Morgan fingerprint density at radius 2 is 2.05 bits per heavy atom. The van der Waals surface area contributed by atoms with Crippen molar-refractivity contribution in [1.29, 1.82) is 0 Å². The standard InChI is InChI=1S/C16H17FN2OS/c17-12-6-4-5-11(9-12)10-14-15(20)19(16(21)18-14)13-7-2-1-3-8-13/h4-6,9-10,13H,1-3,7-8H2,(H,18,21)/b14-10+. The van der Waals surface area contributed by atoms with E-state index in [2.05, 4.69) is 5.32 Å². The number of benzene rings is 1. The third kappa shape index (κ3) is 2.97. The zero-order valence-corrected chi connectivity index (χ0v) is 12.5. The van der Waals surface area contributed by atoms with E-state index in [0.29, 0.717) is 16.4 Å². The minimum absolute atomic E-state index is 0.101. The van der Waals surface area contributed by atoms with Gasteiger partial charge in [-0.05, 0) is 48.8 Å². The maximum atomic E-state index is 13.2. The van der Waals surface area contributed by atoms with Gasteiger partial charge in [-0.15, -0.1) is 0 Å². The molecule has 1 amide bonds. The second-order valence-electron chi connectivity index (χ2n) is 5.51. The molecule has 0 atom stereocenters. The Kier molecular flexibility index (Phi) is 4.01. The van der Waals surface area contributed by atoms with Gasteiger partial charge in [0.25, 0.3) is 5.91 Å². The van der Waals surface area contributed by atoms with Crippen molar-refractivity contribution < 1.29 is 9.18 Å². The first-order chi connectivity index (χ1) is 10.1. The number of hydrogen-bond donors (Lipinski definition) is 1. The van der Waals surface area contributed by atoms with E-state index in [0.717, 1.165) is 25.7 Å². The first-order valence-electron chi connectivity index (χ1n) is 7.27. The van der Waals surface area contributed by atoms with Crippen molar-refractivity contribution in [3.05, 3.63) is 41.3 Å². The molecule has 3 nitrogen and oxygen atoms in total. The van der Waals surface area contributed by atoms with Crippen LogP contribution in [-0.4, -0.2) is 22.0 Å². The summed E-state index contributed by atoms with van der Waals surface area (Å²) in [6.45, 7) is 0. The Morgan fingerprint density at radius 1 is 1.29 bits per heavy atom. The summed E-state index contributed by atoms with van der Waals surface area (Å²) in [7, 11) is 0. The normalized spacial score (nSPS) is 22.0. The summed E-state index contributed by atoms with van der Waals surface area (Å²) in [5, 5.41) is 3.43. The molecule has 0 radical (unpaired) electrons. The first kappa shape index (κ1) is 14.2. The molecule has 2 aliphatic rings. The number of amides is 1. The van der Waals surface area contributed by atoms with Crippen molar-refractivity contribution in [3.8, 4) is 0 Å². The molecule has 2 fully saturated rings. The number of hydrogen-bond acceptors (Lipinski definition) is 2. The number of thiocarbonyl (C=S) groups is 1. The van der Waals surface area contributed by atoms with Crippen LogP contribution in [0.4, 0.5) is 4.39 Å². The molecule has 1 aliphatic heterocycles. The third-order valence-corrected chi connectivity index (χ3v) is 4.31. The molecule has 0 unspecified atom stereocenters. The minimum atomic E-state index is -0.318. The summed E-state index contributed by atoms with van der Waals surface area (Å²) in [5.41, 5.74) is 1.08. The predicted octanol–water partition coefficient (Wildman–Crippen LogP) is 3.22. The van der Waals surface area contributed by atoms with Crippen LogP contribution in [0.25, 0.3) is 6.08 Å². The molecule has 3 rings (SSSR count). The largest absolute Gasteiger partial charge is 0.328 e. The van der Waals surface area contributed by atoms with Gasteiger partial charge in [-0.3, -0.25) is 9.69 Å². The van der Waals surface area contributed by atoms with Gasteiger partial charge in [-0.1, -0.05) is 31.4 Å². The monoisotopic (exact) mass is 304 g/mol. The average molecular weight is 304 g/mol. The van der Waals surface area contributed by atoms with Crippen LogP contribution in [0.1, 0.15) is 37.7 Å². The number of carbonyl (C=O) groups excluding carboxylic acids is 1. The van der Waals surface area contributed by atoms with Crippen molar-refractivity contribution in [2.45, 2.75) is 38.1 Å². The summed E-state index contributed by atoms with van der Waals surface area (Å²) in [6.07, 6.45) is 7.16. The molecular weight excluding hydrogens is 287 g/mol. The zero-order valence-electron chi connectivity index (χ0n) is 11.6. The molecule has 0 bridgehead atoms. The number of carbonyl (C=O) groups is 1. The minimum Gasteiger partial charge on any atom is -0.328 e. The lowest BCUT2D eigenvalue weighted by atomic mass is 9.94. The maximum absolute atomic E-state index is 13.2. The molecule has 110 valence electrons. The Bertz CT molecular complexity index is 608. The van der Waals surface area contributed by atoms with Gasteiger partial charge >= 0.3 is 0 Å². The smallest absolute Gasteiger partial charge is 0.276 e. The molecule has 1 aromatic rings. The fraction of sp³-hybridized carbons (Fsp3) is 0.375. The van der Waals surface area contributed by atoms with Crippen LogP contribution in [0.5, 0.6) is 0 Å². The van der Waals surface area contributed by atoms with E-state index in [-0.39, 0.29) is 17.8 Å². The molecule has 0 aromatic heterocycles. The predicted molar refractivity (Wildman–Crippen MR) is 83.8 cm³/mol. The van der Waals surface area contributed by atoms with Crippen molar-refractivity contribution >= 4 is 29.3 Å². The maximum Gasteiger partial charge on any atom is 0.276 e. The highest BCUT2D eigenvalue weighted by Crippen LogP contribution is 2.26. The van der Waals surface area contributed by atoms with E-state index in [1.165, 1.54) is 18.6 Å². The van der Waals surface area contributed by atoms with E-state index in [4.69, 9.17) is 12.2 Å². The van der Waals surface area contributed by atoms with Crippen molar-refractivity contribution in [2.75, 3.05) is 0 Å². The van der Waals surface area contributed by atoms with Gasteiger partial charge in [-0.2, -0.15) is 0 Å². The molecule has 1 N–H and O–H groups in total. The van der Waals surface area contributed by atoms with Crippen LogP contribution >= 0.6 is 12.2 Å². The van der Waals surface area contributed by atoms with Crippen molar-refractivity contribution in [2.24, 2.45) is 0 Å². The molecule has 0 spiro atoms. The second kappa shape index (κ2) is 5.93. The summed E-state index contributed by atoms with van der Waals surface area (Å²) >= 11 is 5.30. The second-order valence-corrected chi connectivity index (χ2v) is 5.90. The van der Waals surface area contributed by atoms with Crippen LogP contribution in [-0.2, 0) is 4.79 Å². The quantitative estimate of drug-likeness (QED) is 0.672. The van der Waals surface area contributed by atoms with E-state index >= 15 is 0 Å². The SMILES string of the molecule is O=C1/C(=C\c2cccc(F)c2)NC(=S)N1C1CCCCC1. The van der Waals surface area contributed by atoms with Crippen LogP contribution < -0.4 is 5.32 Å². The van der Waals surface area contributed by atoms with Gasteiger partial charge in [0, 0.05) is 6.04 Å². The van der Waals surface area contributed by atoms with Gasteiger partial charge in [0.2, 0.25) is 0 Å². The number of nitrogens with zero attached hydrogens (tertiary/aromatic N) is 1.